The Bertz CT molecular complexity index is 1110. The molecule has 0 aliphatic heterocycles. The highest BCUT2D eigenvalue weighted by Gasteiger charge is 2.13. The minimum Gasteiger partial charge on any atom is -0.478 e. The summed E-state index contributed by atoms with van der Waals surface area (Å²) in [6, 6.07) is 13.9. The Morgan fingerprint density at radius 3 is 2.63 bits per heavy atom. The number of anilines is 1. The Labute approximate surface area is 184 Å². The Balaban J connectivity index is 1.69. The van der Waals surface area contributed by atoms with Crippen molar-refractivity contribution >= 4 is 52.7 Å². The maximum Gasteiger partial charge on any atom is 0.335 e. The van der Waals surface area contributed by atoms with E-state index in [1.807, 2.05) is 30.4 Å². The fourth-order valence-corrected chi connectivity index (χ4v) is 4.25. The number of rotatable bonds is 7. The first kappa shape index (κ1) is 21.7. The summed E-state index contributed by atoms with van der Waals surface area (Å²) in [7, 11) is 0. The SMILES string of the molecule is CC(C)c1nc(/C=C/c2cccc(NC(=O)Cc3ccccc3C(=O)O)c2)sc1Cl. The predicted octanol–water partition coefficient (Wildman–Crippen LogP) is 5.97. The first-order valence-corrected chi connectivity index (χ1v) is 10.6. The van der Waals surface area contributed by atoms with Crippen LogP contribution in [0.15, 0.2) is 48.5 Å². The largest absolute Gasteiger partial charge is 0.478 e. The van der Waals surface area contributed by atoms with Crippen molar-refractivity contribution in [2.45, 2.75) is 26.2 Å². The van der Waals surface area contributed by atoms with Gasteiger partial charge in [0.2, 0.25) is 5.91 Å². The van der Waals surface area contributed by atoms with Gasteiger partial charge in [-0.15, -0.1) is 11.3 Å². The van der Waals surface area contributed by atoms with Crippen LogP contribution in [0.1, 0.15) is 52.0 Å². The summed E-state index contributed by atoms with van der Waals surface area (Å²) in [6.45, 7) is 4.10. The van der Waals surface area contributed by atoms with Crippen LogP contribution in [0.5, 0.6) is 0 Å². The molecule has 3 aromatic rings. The maximum atomic E-state index is 12.4. The minimum absolute atomic E-state index is 0.0157. The topological polar surface area (TPSA) is 79.3 Å². The lowest BCUT2D eigenvalue weighted by Crippen LogP contribution is -2.16. The summed E-state index contributed by atoms with van der Waals surface area (Å²) in [5, 5.41) is 12.9. The molecule has 0 aliphatic carbocycles. The number of hydrogen-bond donors (Lipinski definition) is 2. The number of aromatic carboxylic acids is 1. The fourth-order valence-electron chi connectivity index (χ4n) is 2.91. The molecule has 0 saturated carbocycles. The minimum atomic E-state index is -1.05. The van der Waals surface area contributed by atoms with Crippen LogP contribution in [0.3, 0.4) is 0 Å². The predicted molar refractivity (Wildman–Crippen MR) is 122 cm³/mol. The van der Waals surface area contributed by atoms with Gasteiger partial charge in [-0.1, -0.05) is 61.9 Å². The lowest BCUT2D eigenvalue weighted by atomic mass is 10.0. The molecule has 30 heavy (non-hydrogen) atoms. The van der Waals surface area contributed by atoms with E-state index in [1.54, 1.807) is 24.3 Å². The standard InChI is InChI=1S/C23H21ClN2O3S/c1-14(2)21-22(24)30-20(26-21)11-10-15-6-5-8-17(12-15)25-19(27)13-16-7-3-4-9-18(16)23(28)29/h3-12,14H,13H2,1-2H3,(H,25,27)(H,28,29)/b11-10+. The number of nitrogens with zero attached hydrogens (tertiary/aromatic N) is 1. The zero-order chi connectivity index (χ0) is 21.7. The average Bonchev–Trinajstić information content (AvgIpc) is 3.08. The Hall–Kier alpha value is -2.96. The van der Waals surface area contributed by atoms with Gasteiger partial charge in [0.1, 0.15) is 9.34 Å². The van der Waals surface area contributed by atoms with Gasteiger partial charge >= 0.3 is 5.97 Å². The first-order valence-electron chi connectivity index (χ1n) is 9.39. The zero-order valence-electron chi connectivity index (χ0n) is 16.6. The van der Waals surface area contributed by atoms with Crippen molar-refractivity contribution in [2.75, 3.05) is 5.32 Å². The molecular weight excluding hydrogens is 420 g/mol. The van der Waals surface area contributed by atoms with Crippen LogP contribution in [-0.2, 0) is 11.2 Å². The van der Waals surface area contributed by atoms with E-state index in [9.17, 15) is 14.7 Å². The molecule has 2 aromatic carbocycles. The van der Waals surface area contributed by atoms with E-state index in [1.165, 1.54) is 17.4 Å². The molecule has 3 rings (SSSR count). The van der Waals surface area contributed by atoms with Gasteiger partial charge in [-0.2, -0.15) is 0 Å². The number of carbonyl (C=O) groups excluding carboxylic acids is 1. The van der Waals surface area contributed by atoms with Crippen LogP contribution >= 0.6 is 22.9 Å². The van der Waals surface area contributed by atoms with Crippen LogP contribution < -0.4 is 5.32 Å². The smallest absolute Gasteiger partial charge is 0.335 e. The van der Waals surface area contributed by atoms with Crippen molar-refractivity contribution in [3.8, 4) is 0 Å². The maximum absolute atomic E-state index is 12.4. The van der Waals surface area contributed by atoms with Gasteiger partial charge in [0.05, 0.1) is 17.7 Å². The molecule has 0 spiro atoms. The number of hydrogen-bond acceptors (Lipinski definition) is 4. The highest BCUT2D eigenvalue weighted by molar-refractivity contribution is 7.16. The van der Waals surface area contributed by atoms with Crippen LogP contribution in [0.2, 0.25) is 4.34 Å². The molecule has 154 valence electrons. The third-order valence-corrected chi connectivity index (χ3v) is 5.61. The van der Waals surface area contributed by atoms with E-state index in [0.717, 1.165) is 16.3 Å². The summed E-state index contributed by atoms with van der Waals surface area (Å²) < 4.78 is 0.701. The van der Waals surface area contributed by atoms with Gasteiger partial charge in [-0.05, 0) is 41.3 Å². The van der Waals surface area contributed by atoms with Crippen LogP contribution in [0.25, 0.3) is 12.2 Å². The molecule has 1 aromatic heterocycles. The molecule has 0 aliphatic rings. The number of benzene rings is 2. The summed E-state index contributed by atoms with van der Waals surface area (Å²) >= 11 is 7.67. The Kier molecular flexibility index (Phi) is 7.03. The number of carboxylic acids is 1. The number of thiazole rings is 1. The van der Waals surface area contributed by atoms with E-state index in [2.05, 4.69) is 24.1 Å². The number of carboxylic acid groups (broad SMARTS) is 1. The van der Waals surface area contributed by atoms with Crippen molar-refractivity contribution in [1.29, 1.82) is 0 Å². The monoisotopic (exact) mass is 440 g/mol. The molecule has 1 heterocycles. The van der Waals surface area contributed by atoms with E-state index in [4.69, 9.17) is 11.6 Å². The first-order chi connectivity index (χ1) is 14.3. The van der Waals surface area contributed by atoms with Gasteiger partial charge in [-0.25, -0.2) is 9.78 Å². The quantitative estimate of drug-likeness (QED) is 0.474. The second kappa shape index (κ2) is 9.69. The molecule has 2 N–H and O–H groups in total. The van der Waals surface area contributed by atoms with Crippen LogP contribution in [0, 0.1) is 0 Å². The van der Waals surface area contributed by atoms with E-state index >= 15 is 0 Å². The molecule has 0 radical (unpaired) electrons. The summed E-state index contributed by atoms with van der Waals surface area (Å²) in [6.07, 6.45) is 3.79. The number of halogens is 1. The molecule has 7 heteroatoms. The Morgan fingerprint density at radius 1 is 1.17 bits per heavy atom. The number of amides is 1. The summed E-state index contributed by atoms with van der Waals surface area (Å²) in [5.74, 6) is -1.06. The molecule has 0 fully saturated rings. The molecule has 0 bridgehead atoms. The number of carbonyl (C=O) groups is 2. The van der Waals surface area contributed by atoms with Crippen molar-refractivity contribution < 1.29 is 14.7 Å². The highest BCUT2D eigenvalue weighted by Crippen LogP contribution is 2.30. The Morgan fingerprint density at radius 2 is 1.93 bits per heavy atom. The highest BCUT2D eigenvalue weighted by atomic mass is 35.5. The number of nitrogens with one attached hydrogen (secondary N) is 1. The van der Waals surface area contributed by atoms with Gasteiger partial charge in [-0.3, -0.25) is 4.79 Å². The molecule has 0 unspecified atom stereocenters. The van der Waals surface area contributed by atoms with Crippen LogP contribution in [-0.4, -0.2) is 22.0 Å². The van der Waals surface area contributed by atoms with Crippen molar-refractivity contribution in [2.24, 2.45) is 0 Å². The molecule has 0 saturated heterocycles. The lowest BCUT2D eigenvalue weighted by molar-refractivity contribution is -0.115. The van der Waals surface area contributed by atoms with Crippen molar-refractivity contribution in [3.63, 3.8) is 0 Å². The average molecular weight is 441 g/mol. The second-order valence-electron chi connectivity index (χ2n) is 7.01. The normalized spacial score (nSPS) is 11.2. The summed E-state index contributed by atoms with van der Waals surface area (Å²) in [4.78, 5) is 28.3. The molecule has 0 atom stereocenters. The van der Waals surface area contributed by atoms with Crippen molar-refractivity contribution in [3.05, 3.63) is 80.3 Å². The van der Waals surface area contributed by atoms with Gasteiger partial charge in [0.15, 0.2) is 0 Å². The second-order valence-corrected chi connectivity index (χ2v) is 8.64. The molecular formula is C23H21ClN2O3S. The van der Waals surface area contributed by atoms with Crippen LogP contribution in [0.4, 0.5) is 5.69 Å². The van der Waals surface area contributed by atoms with Crippen molar-refractivity contribution in [1.82, 2.24) is 4.98 Å². The molecule has 1 amide bonds. The fraction of sp³-hybridized carbons (Fsp3) is 0.174. The van der Waals surface area contributed by atoms with Gasteiger partial charge in [0.25, 0.3) is 0 Å². The van der Waals surface area contributed by atoms with E-state index in [-0.39, 0.29) is 23.8 Å². The van der Waals surface area contributed by atoms with E-state index < -0.39 is 5.97 Å². The zero-order valence-corrected chi connectivity index (χ0v) is 18.1. The lowest BCUT2D eigenvalue weighted by Gasteiger charge is -2.08. The number of aromatic nitrogens is 1. The third-order valence-electron chi connectivity index (χ3n) is 4.36. The van der Waals surface area contributed by atoms with E-state index in [0.29, 0.717) is 15.6 Å². The summed E-state index contributed by atoms with van der Waals surface area (Å²) in [5.41, 5.74) is 3.03. The third kappa shape index (κ3) is 5.55. The molecule has 5 nitrogen and oxygen atoms in total. The van der Waals surface area contributed by atoms with Gasteiger partial charge in [0, 0.05) is 5.69 Å². The van der Waals surface area contributed by atoms with Gasteiger partial charge < -0.3 is 10.4 Å².